The first kappa shape index (κ1) is 19.6. The maximum absolute atomic E-state index is 12.5. The molecule has 1 heterocycles. The first-order valence-electron chi connectivity index (χ1n) is 8.88. The summed E-state index contributed by atoms with van der Waals surface area (Å²) in [6.07, 6.45) is 0.990. The molecule has 0 unspecified atom stereocenters. The van der Waals surface area contributed by atoms with Crippen molar-refractivity contribution in [2.45, 2.75) is 39.0 Å². The van der Waals surface area contributed by atoms with Crippen molar-refractivity contribution in [1.29, 1.82) is 0 Å². The number of halogens is 1. The number of nitrogens with one attached hydrogen (secondary N) is 1. The number of amides is 1. The molecule has 3 rings (SSSR count). The Labute approximate surface area is 169 Å². The minimum Gasteiger partial charge on any atom is -0.325 e. The monoisotopic (exact) mass is 398 g/mol. The van der Waals surface area contributed by atoms with Crippen LogP contribution in [0.4, 0.5) is 5.69 Å². The largest absolute Gasteiger partial charge is 0.325 e. The fourth-order valence-electron chi connectivity index (χ4n) is 2.94. The highest BCUT2D eigenvalue weighted by Gasteiger charge is 2.19. The third-order valence-electron chi connectivity index (χ3n) is 4.19. The highest BCUT2D eigenvalue weighted by molar-refractivity contribution is 7.09. The van der Waals surface area contributed by atoms with E-state index in [0.29, 0.717) is 0 Å². The number of carbonyl (C=O) groups excluding carboxylic acids is 1. The summed E-state index contributed by atoms with van der Waals surface area (Å²) in [7, 11) is 0. The quantitative estimate of drug-likeness (QED) is 0.584. The summed E-state index contributed by atoms with van der Waals surface area (Å²) in [6.45, 7) is 6.42. The van der Waals surface area contributed by atoms with Gasteiger partial charge < -0.3 is 5.32 Å². The van der Waals surface area contributed by atoms with Crippen LogP contribution in [0.2, 0.25) is 5.02 Å². The summed E-state index contributed by atoms with van der Waals surface area (Å²) in [5.41, 5.74) is 3.87. The van der Waals surface area contributed by atoms with E-state index in [-0.39, 0.29) is 17.7 Å². The van der Waals surface area contributed by atoms with Gasteiger partial charge in [-0.05, 0) is 34.7 Å². The second kappa shape index (κ2) is 8.24. The summed E-state index contributed by atoms with van der Waals surface area (Å²) >= 11 is 7.61. The molecule has 0 saturated heterocycles. The van der Waals surface area contributed by atoms with Gasteiger partial charge in [0.15, 0.2) is 0 Å². The van der Waals surface area contributed by atoms with Crippen LogP contribution in [0.25, 0.3) is 0 Å². The van der Waals surface area contributed by atoms with Crippen molar-refractivity contribution < 1.29 is 4.79 Å². The molecule has 2 aromatic carbocycles. The third-order valence-corrected chi connectivity index (χ3v) is 5.33. The van der Waals surface area contributed by atoms with Crippen LogP contribution < -0.4 is 5.32 Å². The second-order valence-corrected chi connectivity index (χ2v) is 8.94. The average molecular weight is 399 g/mol. The van der Waals surface area contributed by atoms with Crippen LogP contribution in [0, 0.1) is 0 Å². The van der Waals surface area contributed by atoms with Gasteiger partial charge in [0.25, 0.3) is 0 Å². The van der Waals surface area contributed by atoms with Gasteiger partial charge in [0.05, 0.1) is 17.1 Å². The van der Waals surface area contributed by atoms with Gasteiger partial charge in [-0.3, -0.25) is 4.79 Å². The van der Waals surface area contributed by atoms with E-state index < -0.39 is 0 Å². The number of anilines is 1. The van der Waals surface area contributed by atoms with Gasteiger partial charge in [0.1, 0.15) is 0 Å². The van der Waals surface area contributed by atoms with E-state index in [1.807, 2.05) is 47.8 Å². The van der Waals surface area contributed by atoms with Crippen LogP contribution in [-0.2, 0) is 23.1 Å². The van der Waals surface area contributed by atoms with Crippen molar-refractivity contribution in [2.75, 3.05) is 5.32 Å². The third kappa shape index (κ3) is 5.41. The van der Waals surface area contributed by atoms with Crippen LogP contribution in [0.5, 0.6) is 0 Å². The Bertz CT molecular complexity index is 943. The van der Waals surface area contributed by atoms with Crippen LogP contribution in [0.15, 0.2) is 53.9 Å². The molecule has 27 heavy (non-hydrogen) atoms. The van der Waals surface area contributed by atoms with Crippen molar-refractivity contribution in [3.63, 3.8) is 0 Å². The summed E-state index contributed by atoms with van der Waals surface area (Å²) in [5, 5.41) is 6.70. The normalized spacial score (nSPS) is 11.4. The summed E-state index contributed by atoms with van der Waals surface area (Å²) in [4.78, 5) is 17.1. The number of aromatic nitrogens is 1. The number of hydrogen-bond acceptors (Lipinski definition) is 3. The number of carbonyl (C=O) groups is 1. The summed E-state index contributed by atoms with van der Waals surface area (Å²) in [5.74, 6) is -0.0497. The lowest BCUT2D eigenvalue weighted by atomic mass is 9.86. The Balaban J connectivity index is 1.65. The van der Waals surface area contributed by atoms with E-state index in [2.05, 4.69) is 37.1 Å². The van der Waals surface area contributed by atoms with E-state index in [4.69, 9.17) is 11.6 Å². The van der Waals surface area contributed by atoms with Crippen LogP contribution in [0.3, 0.4) is 0 Å². The molecule has 0 radical (unpaired) electrons. The minimum absolute atomic E-state index is 0.0331. The lowest BCUT2D eigenvalue weighted by Gasteiger charge is -2.22. The lowest BCUT2D eigenvalue weighted by molar-refractivity contribution is -0.115. The standard InChI is InChI=1S/C22H23ClN2OS/c1-22(2,3)18-9-4-5-10-19(18)25-20(26)13-17-14-27-21(24-17)12-15-7-6-8-16(23)11-15/h4-11,14H,12-13H2,1-3H3,(H,25,26). The minimum atomic E-state index is -0.0497. The van der Waals surface area contributed by atoms with Crippen molar-refractivity contribution in [3.05, 3.63) is 80.8 Å². The van der Waals surface area contributed by atoms with Crippen LogP contribution in [-0.4, -0.2) is 10.9 Å². The Hall–Kier alpha value is -2.17. The van der Waals surface area contributed by atoms with E-state index in [0.717, 1.165) is 39.0 Å². The van der Waals surface area contributed by atoms with Crippen LogP contribution >= 0.6 is 22.9 Å². The number of nitrogens with zero attached hydrogens (tertiary/aromatic N) is 1. The van der Waals surface area contributed by atoms with Gasteiger partial charge >= 0.3 is 0 Å². The molecule has 0 fully saturated rings. The number of benzene rings is 2. The molecule has 140 valence electrons. The van der Waals surface area contributed by atoms with Crippen molar-refractivity contribution >= 4 is 34.5 Å². The summed E-state index contributed by atoms with van der Waals surface area (Å²) < 4.78 is 0. The number of thiazole rings is 1. The van der Waals surface area contributed by atoms with Gasteiger partial charge in [-0.1, -0.05) is 62.7 Å². The van der Waals surface area contributed by atoms with Gasteiger partial charge in [-0.2, -0.15) is 0 Å². The predicted molar refractivity (Wildman–Crippen MR) is 114 cm³/mol. The highest BCUT2D eigenvalue weighted by Crippen LogP contribution is 2.29. The molecule has 0 aliphatic rings. The zero-order chi connectivity index (χ0) is 19.4. The van der Waals surface area contributed by atoms with Gasteiger partial charge in [-0.25, -0.2) is 4.98 Å². The first-order valence-corrected chi connectivity index (χ1v) is 10.1. The van der Waals surface area contributed by atoms with E-state index in [1.165, 1.54) is 0 Å². The molecule has 3 nitrogen and oxygen atoms in total. The number of rotatable bonds is 5. The Morgan fingerprint density at radius 1 is 1.15 bits per heavy atom. The molecular weight excluding hydrogens is 376 g/mol. The maximum atomic E-state index is 12.5. The molecule has 0 saturated carbocycles. The first-order chi connectivity index (χ1) is 12.8. The van der Waals surface area contributed by atoms with E-state index in [1.54, 1.807) is 11.3 Å². The molecule has 0 bridgehead atoms. The molecule has 1 N–H and O–H groups in total. The summed E-state index contributed by atoms with van der Waals surface area (Å²) in [6, 6.07) is 15.7. The molecular formula is C22H23ClN2OS. The molecule has 0 atom stereocenters. The number of hydrogen-bond donors (Lipinski definition) is 1. The van der Waals surface area contributed by atoms with Crippen molar-refractivity contribution in [3.8, 4) is 0 Å². The van der Waals surface area contributed by atoms with Crippen molar-refractivity contribution in [1.82, 2.24) is 4.98 Å². The second-order valence-electron chi connectivity index (χ2n) is 7.56. The molecule has 1 aromatic heterocycles. The Morgan fingerprint density at radius 3 is 2.67 bits per heavy atom. The number of para-hydroxylation sites is 1. The average Bonchev–Trinajstić information content (AvgIpc) is 3.01. The van der Waals surface area contributed by atoms with E-state index >= 15 is 0 Å². The zero-order valence-corrected chi connectivity index (χ0v) is 17.3. The Morgan fingerprint density at radius 2 is 1.93 bits per heavy atom. The Kier molecular flexibility index (Phi) is 5.98. The lowest BCUT2D eigenvalue weighted by Crippen LogP contribution is -2.20. The van der Waals surface area contributed by atoms with E-state index in [9.17, 15) is 4.79 Å². The van der Waals surface area contributed by atoms with Gasteiger partial charge in [0.2, 0.25) is 5.91 Å². The smallest absolute Gasteiger partial charge is 0.230 e. The predicted octanol–water partition coefficient (Wildman–Crippen LogP) is 5.87. The molecule has 5 heteroatoms. The zero-order valence-electron chi connectivity index (χ0n) is 15.8. The molecule has 1 amide bonds. The topological polar surface area (TPSA) is 42.0 Å². The molecule has 0 spiro atoms. The molecule has 0 aliphatic carbocycles. The highest BCUT2D eigenvalue weighted by atomic mass is 35.5. The fraction of sp³-hybridized carbons (Fsp3) is 0.273. The van der Waals surface area contributed by atoms with Crippen LogP contribution in [0.1, 0.15) is 42.6 Å². The maximum Gasteiger partial charge on any atom is 0.230 e. The molecule has 3 aromatic rings. The molecule has 0 aliphatic heterocycles. The fourth-order valence-corrected chi connectivity index (χ4v) is 3.98. The van der Waals surface area contributed by atoms with Gasteiger partial charge in [-0.15, -0.1) is 11.3 Å². The SMILES string of the molecule is CC(C)(C)c1ccccc1NC(=O)Cc1csc(Cc2cccc(Cl)c2)n1. The van der Waals surface area contributed by atoms with Gasteiger partial charge in [0, 0.05) is 22.5 Å². The van der Waals surface area contributed by atoms with Crippen molar-refractivity contribution in [2.24, 2.45) is 0 Å².